The first-order valence-corrected chi connectivity index (χ1v) is 6.73. The van der Waals surface area contributed by atoms with Crippen LogP contribution in [0.5, 0.6) is 0 Å². The third kappa shape index (κ3) is 6.73. The Morgan fingerprint density at radius 3 is 2.26 bits per heavy atom. The summed E-state index contributed by atoms with van der Waals surface area (Å²) in [5.74, 6) is -0.723. The van der Waals surface area contributed by atoms with Crippen LogP contribution in [0.1, 0.15) is 18.1 Å². The van der Waals surface area contributed by atoms with Crippen LogP contribution in [0.15, 0.2) is 36.1 Å². The number of carbonyl (C=O) groups excluding carboxylic acids is 1. The van der Waals surface area contributed by atoms with Gasteiger partial charge in [0, 0.05) is 13.0 Å². The first-order valence-electron chi connectivity index (χ1n) is 6.73. The van der Waals surface area contributed by atoms with E-state index in [1.54, 1.807) is 13.0 Å². The summed E-state index contributed by atoms with van der Waals surface area (Å²) in [6.45, 7) is 1.69. The third-order valence-corrected chi connectivity index (χ3v) is 3.03. The molecule has 23 heavy (non-hydrogen) atoms. The quantitative estimate of drug-likeness (QED) is 0.510. The van der Waals surface area contributed by atoms with Gasteiger partial charge in [-0.05, 0) is 18.1 Å². The van der Waals surface area contributed by atoms with Crippen molar-refractivity contribution in [2.24, 2.45) is 5.92 Å². The number of ether oxygens (including phenoxy) is 2. The molecule has 1 aromatic rings. The van der Waals surface area contributed by atoms with E-state index in [4.69, 9.17) is 9.84 Å². The fraction of sp³-hybridized carbons (Fsp3) is 0.438. The maximum absolute atomic E-state index is 12.9. The van der Waals surface area contributed by atoms with E-state index in [2.05, 4.69) is 4.74 Å². The molecule has 0 fully saturated rings. The van der Waals surface area contributed by atoms with Crippen LogP contribution in [0.25, 0.3) is 0 Å². The van der Waals surface area contributed by atoms with E-state index < -0.39 is 23.6 Å². The summed E-state index contributed by atoms with van der Waals surface area (Å²) < 4.78 is 48.3. The van der Waals surface area contributed by atoms with Gasteiger partial charge in [-0.3, -0.25) is 0 Å². The zero-order valence-electron chi connectivity index (χ0n) is 13.5. The number of aliphatic hydroxyl groups excluding tert-OH is 1. The smallest absolute Gasteiger partial charge is 0.416 e. The number of carbonyl (C=O) groups is 1. The molecule has 0 aliphatic rings. The number of rotatable bonds is 5. The number of allylic oxidation sites excluding steroid dienone is 1. The average Bonchev–Trinajstić information content (AvgIpc) is 2.53. The van der Waals surface area contributed by atoms with E-state index in [-0.39, 0.29) is 17.7 Å². The molecule has 0 bridgehead atoms. The summed E-state index contributed by atoms with van der Waals surface area (Å²) in [5, 5.41) is 7.00. The Balaban J connectivity index is 0.00000232. The van der Waals surface area contributed by atoms with Crippen LogP contribution in [0, 0.1) is 5.92 Å². The van der Waals surface area contributed by atoms with Gasteiger partial charge in [-0.2, -0.15) is 13.2 Å². The topological polar surface area (TPSA) is 55.8 Å². The molecule has 0 saturated carbocycles. The Labute approximate surface area is 133 Å². The molecule has 0 heterocycles. The lowest BCUT2D eigenvalue weighted by Crippen LogP contribution is -2.14. The van der Waals surface area contributed by atoms with Crippen LogP contribution < -0.4 is 0 Å². The highest BCUT2D eigenvalue weighted by Crippen LogP contribution is 2.33. The molecular formula is C16H21F3O4. The highest BCUT2D eigenvalue weighted by Gasteiger charge is 2.33. The molecular weight excluding hydrogens is 313 g/mol. The summed E-state index contributed by atoms with van der Waals surface area (Å²) in [4.78, 5) is 11.2. The predicted molar refractivity (Wildman–Crippen MR) is 79.6 cm³/mol. The molecule has 1 atom stereocenters. The van der Waals surface area contributed by atoms with Gasteiger partial charge < -0.3 is 14.6 Å². The second-order valence-electron chi connectivity index (χ2n) is 4.53. The molecule has 0 aliphatic carbocycles. The number of benzene rings is 1. The Kier molecular flexibility index (Phi) is 9.02. The van der Waals surface area contributed by atoms with Gasteiger partial charge in [-0.25, -0.2) is 4.79 Å². The lowest BCUT2D eigenvalue weighted by Gasteiger charge is -2.18. The van der Waals surface area contributed by atoms with Crippen LogP contribution >= 0.6 is 0 Å². The molecule has 0 amide bonds. The van der Waals surface area contributed by atoms with Crippen molar-refractivity contribution in [3.05, 3.63) is 47.2 Å². The van der Waals surface area contributed by atoms with Crippen LogP contribution in [-0.4, -0.2) is 32.4 Å². The third-order valence-electron chi connectivity index (χ3n) is 3.03. The van der Waals surface area contributed by atoms with Gasteiger partial charge in [-0.1, -0.05) is 25.1 Å². The van der Waals surface area contributed by atoms with Crippen molar-refractivity contribution in [2.45, 2.75) is 19.5 Å². The summed E-state index contributed by atoms with van der Waals surface area (Å²) in [6, 6.07) is 5.36. The molecule has 0 aliphatic heterocycles. The number of aliphatic hydroxyl groups is 1. The van der Waals surface area contributed by atoms with E-state index in [1.807, 2.05) is 0 Å². The number of hydrogen-bond donors (Lipinski definition) is 1. The molecule has 0 saturated heterocycles. The molecule has 1 N–H and O–H groups in total. The van der Waals surface area contributed by atoms with Crippen molar-refractivity contribution in [1.82, 2.24) is 0 Å². The Hall–Kier alpha value is -2.02. The molecule has 130 valence electrons. The second-order valence-corrected chi connectivity index (χ2v) is 4.53. The first-order chi connectivity index (χ1) is 10.8. The number of halogens is 3. The van der Waals surface area contributed by atoms with Crippen molar-refractivity contribution < 1.29 is 32.5 Å². The molecule has 4 nitrogen and oxygen atoms in total. The van der Waals surface area contributed by atoms with E-state index in [0.717, 1.165) is 19.3 Å². The SMILES string of the molecule is CO.COC(=O)/C=C(/OC)C(C)Cc1ccccc1C(F)(F)F. The predicted octanol–water partition coefficient (Wildman–Crippen LogP) is 3.20. The first kappa shape index (κ1) is 21.0. The lowest BCUT2D eigenvalue weighted by atomic mass is 9.95. The van der Waals surface area contributed by atoms with Crippen LogP contribution in [0.2, 0.25) is 0 Å². The van der Waals surface area contributed by atoms with Gasteiger partial charge in [0.1, 0.15) is 5.76 Å². The van der Waals surface area contributed by atoms with E-state index in [1.165, 1.54) is 26.4 Å². The summed E-state index contributed by atoms with van der Waals surface area (Å²) in [7, 11) is 3.58. The van der Waals surface area contributed by atoms with E-state index >= 15 is 0 Å². The molecule has 1 rings (SSSR count). The number of esters is 1. The number of methoxy groups -OCH3 is 2. The standard InChI is InChI=1S/C15H17F3O3.CH4O/c1-10(13(20-2)9-14(19)21-3)8-11-6-4-5-7-12(11)15(16,17)18;1-2/h4-7,9-10H,8H2,1-3H3;2H,1H3/b13-9+;. The van der Waals surface area contributed by atoms with Gasteiger partial charge in [0.2, 0.25) is 0 Å². The normalized spacial score (nSPS) is 12.8. The molecule has 0 spiro atoms. The minimum Gasteiger partial charge on any atom is -0.501 e. The maximum atomic E-state index is 12.9. The average molecular weight is 334 g/mol. The Morgan fingerprint density at radius 2 is 1.78 bits per heavy atom. The van der Waals surface area contributed by atoms with Crippen LogP contribution in [0.3, 0.4) is 0 Å². The van der Waals surface area contributed by atoms with Gasteiger partial charge in [0.05, 0.1) is 25.9 Å². The van der Waals surface area contributed by atoms with E-state index in [9.17, 15) is 18.0 Å². The monoisotopic (exact) mass is 334 g/mol. The number of hydrogen-bond acceptors (Lipinski definition) is 4. The van der Waals surface area contributed by atoms with Crippen molar-refractivity contribution in [3.63, 3.8) is 0 Å². The Bertz CT molecular complexity index is 524. The minimum atomic E-state index is -4.41. The van der Waals surface area contributed by atoms with Gasteiger partial charge in [0.15, 0.2) is 0 Å². The molecule has 1 unspecified atom stereocenters. The van der Waals surface area contributed by atoms with Gasteiger partial charge >= 0.3 is 12.1 Å². The van der Waals surface area contributed by atoms with Crippen molar-refractivity contribution in [1.29, 1.82) is 0 Å². The largest absolute Gasteiger partial charge is 0.501 e. The molecule has 0 radical (unpaired) electrons. The van der Waals surface area contributed by atoms with Crippen LogP contribution in [0.4, 0.5) is 13.2 Å². The maximum Gasteiger partial charge on any atom is 0.416 e. The van der Waals surface area contributed by atoms with Gasteiger partial charge in [0.25, 0.3) is 0 Å². The Morgan fingerprint density at radius 1 is 1.22 bits per heavy atom. The van der Waals surface area contributed by atoms with Crippen molar-refractivity contribution in [3.8, 4) is 0 Å². The molecule has 0 aromatic heterocycles. The molecule has 7 heteroatoms. The van der Waals surface area contributed by atoms with Crippen molar-refractivity contribution >= 4 is 5.97 Å². The van der Waals surface area contributed by atoms with Gasteiger partial charge in [-0.15, -0.1) is 0 Å². The van der Waals surface area contributed by atoms with Crippen LogP contribution in [-0.2, 0) is 26.9 Å². The molecule has 1 aromatic carbocycles. The van der Waals surface area contributed by atoms with E-state index in [0.29, 0.717) is 0 Å². The summed E-state index contributed by atoms with van der Waals surface area (Å²) >= 11 is 0. The highest BCUT2D eigenvalue weighted by molar-refractivity contribution is 5.82. The fourth-order valence-electron chi connectivity index (χ4n) is 1.98. The lowest BCUT2D eigenvalue weighted by molar-refractivity contribution is -0.138. The van der Waals surface area contributed by atoms with Crippen molar-refractivity contribution in [2.75, 3.05) is 21.3 Å². The highest BCUT2D eigenvalue weighted by atomic mass is 19.4. The summed E-state index contributed by atoms with van der Waals surface area (Å²) in [5.41, 5.74) is -0.518. The zero-order valence-corrected chi connectivity index (χ0v) is 13.5. The fourth-order valence-corrected chi connectivity index (χ4v) is 1.98. The second kappa shape index (κ2) is 9.89. The minimum absolute atomic E-state index is 0.104. The summed E-state index contributed by atoms with van der Waals surface area (Å²) in [6.07, 6.45) is -3.16. The number of alkyl halides is 3. The zero-order chi connectivity index (χ0) is 18.0.